The van der Waals surface area contributed by atoms with Gasteiger partial charge in [-0.15, -0.1) is 0 Å². The molecular weight excluding hydrogens is 182 g/mol. The lowest BCUT2D eigenvalue weighted by Crippen LogP contribution is -2.05. The largest absolute Gasteiger partial charge is 0.508 e. The number of primary amides is 1. The van der Waals surface area contributed by atoms with Crippen LogP contribution in [-0.2, 0) is 4.79 Å². The monoisotopic (exact) mass is 193 g/mol. The van der Waals surface area contributed by atoms with Crippen LogP contribution in [0.3, 0.4) is 0 Å². The molecule has 1 aromatic carbocycles. The van der Waals surface area contributed by atoms with Gasteiger partial charge in [0.15, 0.2) is 0 Å². The molecule has 0 atom stereocenters. The van der Waals surface area contributed by atoms with Crippen molar-refractivity contribution in [3.05, 3.63) is 29.8 Å². The number of rotatable bonds is 3. The van der Waals surface area contributed by atoms with E-state index in [1.165, 1.54) is 31.4 Å². The van der Waals surface area contributed by atoms with Crippen LogP contribution >= 0.6 is 0 Å². The Morgan fingerprint density at radius 2 is 2.29 bits per heavy atom. The molecular formula is C10H11NO3. The molecule has 0 aromatic heterocycles. The summed E-state index contributed by atoms with van der Waals surface area (Å²) in [5, 5.41) is 9.15. The highest BCUT2D eigenvalue weighted by atomic mass is 16.5. The Hall–Kier alpha value is -1.97. The molecule has 0 aliphatic rings. The summed E-state index contributed by atoms with van der Waals surface area (Å²) in [6.07, 6.45) is 2.76. The lowest BCUT2D eigenvalue weighted by Gasteiger charge is -2.04. The second-order valence-corrected chi connectivity index (χ2v) is 2.66. The van der Waals surface area contributed by atoms with Crippen molar-refractivity contribution < 1.29 is 14.6 Å². The highest BCUT2D eigenvalue weighted by molar-refractivity contribution is 5.90. The number of benzene rings is 1. The summed E-state index contributed by atoms with van der Waals surface area (Å²) in [4.78, 5) is 10.5. The Balaban J connectivity index is 3.02. The van der Waals surface area contributed by atoms with Crippen LogP contribution in [0.5, 0.6) is 11.5 Å². The number of phenols is 1. The lowest BCUT2D eigenvalue weighted by molar-refractivity contribution is -0.113. The zero-order valence-electron chi connectivity index (χ0n) is 7.73. The van der Waals surface area contributed by atoms with Gasteiger partial charge in [-0.2, -0.15) is 0 Å². The maximum atomic E-state index is 10.5. The first-order valence-electron chi connectivity index (χ1n) is 3.98. The summed E-state index contributed by atoms with van der Waals surface area (Å²) < 4.78 is 5.00. The third-order valence-corrected chi connectivity index (χ3v) is 1.64. The molecule has 74 valence electrons. The van der Waals surface area contributed by atoms with E-state index in [9.17, 15) is 4.79 Å². The molecule has 0 saturated carbocycles. The summed E-state index contributed by atoms with van der Waals surface area (Å²) in [5.41, 5.74) is 5.63. The molecule has 1 amide bonds. The fraction of sp³-hybridized carbons (Fsp3) is 0.100. The molecule has 0 heterocycles. The Labute approximate surface area is 81.6 Å². The molecule has 3 N–H and O–H groups in total. The average molecular weight is 193 g/mol. The van der Waals surface area contributed by atoms with Gasteiger partial charge >= 0.3 is 0 Å². The Bertz CT molecular complexity index is 372. The van der Waals surface area contributed by atoms with E-state index in [1.54, 1.807) is 6.07 Å². The van der Waals surface area contributed by atoms with Gasteiger partial charge in [-0.3, -0.25) is 4.79 Å². The molecule has 14 heavy (non-hydrogen) atoms. The smallest absolute Gasteiger partial charge is 0.241 e. The van der Waals surface area contributed by atoms with Crippen molar-refractivity contribution in [2.45, 2.75) is 0 Å². The normalized spacial score (nSPS) is 10.4. The van der Waals surface area contributed by atoms with Crippen LogP contribution in [0, 0.1) is 0 Å². The summed E-state index contributed by atoms with van der Waals surface area (Å²) >= 11 is 0. The molecule has 4 nitrogen and oxygen atoms in total. The van der Waals surface area contributed by atoms with E-state index in [4.69, 9.17) is 15.6 Å². The van der Waals surface area contributed by atoms with Crippen LogP contribution in [0.25, 0.3) is 6.08 Å². The highest BCUT2D eigenvalue weighted by Gasteiger charge is 2.00. The molecule has 0 aliphatic heterocycles. The second-order valence-electron chi connectivity index (χ2n) is 2.66. The maximum absolute atomic E-state index is 10.5. The minimum absolute atomic E-state index is 0.109. The number of carbonyl (C=O) groups excluding carboxylic acids is 1. The average Bonchev–Trinajstić information content (AvgIpc) is 2.15. The molecule has 1 rings (SSSR count). The molecule has 4 heteroatoms. The molecule has 0 aliphatic carbocycles. The van der Waals surface area contributed by atoms with Crippen molar-refractivity contribution in [3.63, 3.8) is 0 Å². The first-order valence-corrected chi connectivity index (χ1v) is 3.98. The number of amides is 1. The predicted molar refractivity (Wildman–Crippen MR) is 52.9 cm³/mol. The minimum Gasteiger partial charge on any atom is -0.508 e. The summed E-state index contributed by atoms with van der Waals surface area (Å²) in [5.74, 6) is 0.0701. The van der Waals surface area contributed by atoms with Gasteiger partial charge < -0.3 is 15.6 Å². The van der Waals surface area contributed by atoms with E-state index in [0.29, 0.717) is 11.3 Å². The molecule has 0 bridgehead atoms. The van der Waals surface area contributed by atoms with Crippen molar-refractivity contribution in [1.82, 2.24) is 0 Å². The number of nitrogens with two attached hydrogens (primary N) is 1. The maximum Gasteiger partial charge on any atom is 0.241 e. The standard InChI is InChI=1S/C10H11NO3/c1-14-9-6-8(12)4-2-7(9)3-5-10(11)13/h2-6,12H,1H3,(H2,11,13)/b5-3+. The van der Waals surface area contributed by atoms with Gasteiger partial charge in [0.25, 0.3) is 0 Å². The van der Waals surface area contributed by atoms with Gasteiger partial charge in [-0.25, -0.2) is 0 Å². The van der Waals surface area contributed by atoms with Crippen molar-refractivity contribution >= 4 is 12.0 Å². The molecule has 0 unspecified atom stereocenters. The third-order valence-electron chi connectivity index (χ3n) is 1.64. The Kier molecular flexibility index (Phi) is 3.12. The van der Waals surface area contributed by atoms with Crippen LogP contribution in [0.15, 0.2) is 24.3 Å². The van der Waals surface area contributed by atoms with Crippen molar-refractivity contribution in [1.29, 1.82) is 0 Å². The summed E-state index contributed by atoms with van der Waals surface area (Å²) in [6.45, 7) is 0. The van der Waals surface area contributed by atoms with E-state index >= 15 is 0 Å². The number of phenolic OH excluding ortho intramolecular Hbond substituents is 1. The van der Waals surface area contributed by atoms with Gasteiger partial charge in [0, 0.05) is 17.7 Å². The number of ether oxygens (including phenoxy) is 1. The summed E-state index contributed by atoms with van der Waals surface area (Å²) in [6, 6.07) is 4.59. The lowest BCUT2D eigenvalue weighted by atomic mass is 10.2. The van der Waals surface area contributed by atoms with Crippen molar-refractivity contribution in [2.24, 2.45) is 5.73 Å². The zero-order valence-corrected chi connectivity index (χ0v) is 7.73. The first-order chi connectivity index (χ1) is 6.63. The first kappa shape index (κ1) is 10.1. The Morgan fingerprint density at radius 1 is 1.57 bits per heavy atom. The topological polar surface area (TPSA) is 72.6 Å². The van der Waals surface area contributed by atoms with Crippen molar-refractivity contribution in [3.8, 4) is 11.5 Å². The van der Waals surface area contributed by atoms with Crippen LogP contribution in [0.4, 0.5) is 0 Å². The second kappa shape index (κ2) is 4.32. The van der Waals surface area contributed by atoms with Crippen LogP contribution < -0.4 is 10.5 Å². The van der Waals surface area contributed by atoms with E-state index in [1.807, 2.05) is 0 Å². The number of hydrogen-bond acceptors (Lipinski definition) is 3. The number of carbonyl (C=O) groups is 1. The van der Waals surface area contributed by atoms with Gasteiger partial charge in [0.2, 0.25) is 5.91 Å². The van der Waals surface area contributed by atoms with E-state index < -0.39 is 5.91 Å². The van der Waals surface area contributed by atoms with Crippen LogP contribution in [-0.4, -0.2) is 18.1 Å². The zero-order chi connectivity index (χ0) is 10.6. The molecule has 0 radical (unpaired) electrons. The van der Waals surface area contributed by atoms with E-state index in [-0.39, 0.29) is 5.75 Å². The molecule has 0 fully saturated rings. The van der Waals surface area contributed by atoms with Gasteiger partial charge in [0.05, 0.1) is 7.11 Å². The minimum atomic E-state index is -0.528. The number of hydrogen-bond donors (Lipinski definition) is 2. The number of aromatic hydroxyl groups is 1. The van der Waals surface area contributed by atoms with Crippen molar-refractivity contribution in [2.75, 3.05) is 7.11 Å². The molecule has 1 aromatic rings. The van der Waals surface area contributed by atoms with E-state index in [0.717, 1.165) is 0 Å². The van der Waals surface area contributed by atoms with Gasteiger partial charge in [-0.1, -0.05) is 0 Å². The quantitative estimate of drug-likeness (QED) is 0.700. The van der Waals surface area contributed by atoms with Gasteiger partial charge in [0.1, 0.15) is 11.5 Å². The van der Waals surface area contributed by atoms with Crippen LogP contribution in [0.2, 0.25) is 0 Å². The molecule has 0 saturated heterocycles. The van der Waals surface area contributed by atoms with Gasteiger partial charge in [-0.05, 0) is 18.2 Å². The predicted octanol–water partition coefficient (Wildman–Crippen LogP) is 0.899. The third kappa shape index (κ3) is 2.52. The Morgan fingerprint density at radius 3 is 2.86 bits per heavy atom. The fourth-order valence-corrected chi connectivity index (χ4v) is 1.01. The molecule has 0 spiro atoms. The number of methoxy groups -OCH3 is 1. The summed E-state index contributed by atoms with van der Waals surface area (Å²) in [7, 11) is 1.48. The van der Waals surface area contributed by atoms with Crippen LogP contribution in [0.1, 0.15) is 5.56 Å². The fourth-order valence-electron chi connectivity index (χ4n) is 1.01. The van der Waals surface area contributed by atoms with E-state index in [2.05, 4.69) is 0 Å². The SMILES string of the molecule is COc1cc(O)ccc1/C=C/C(N)=O. The highest BCUT2D eigenvalue weighted by Crippen LogP contribution is 2.24.